The van der Waals surface area contributed by atoms with Crippen LogP contribution in [0.4, 0.5) is 0 Å². The average molecular weight is 153 g/mol. The molecule has 0 amide bonds. The highest BCUT2D eigenvalue weighted by atomic mass is 14.3. The fraction of sp³-hybridized carbons (Fsp3) is 0.900. The minimum atomic E-state index is 0.997. The zero-order valence-corrected chi connectivity index (χ0v) is 7.31. The van der Waals surface area contributed by atoms with Crippen molar-refractivity contribution in [2.75, 3.05) is 0 Å². The van der Waals surface area contributed by atoms with Crippen molar-refractivity contribution in [2.24, 2.45) is 5.92 Å². The highest BCUT2D eigenvalue weighted by Crippen LogP contribution is 2.27. The summed E-state index contributed by atoms with van der Waals surface area (Å²) in [6.07, 6.45) is 12.4. The normalized spacial score (nSPS) is 20.0. The van der Waals surface area contributed by atoms with Crippen LogP contribution in [-0.4, -0.2) is 6.21 Å². The summed E-state index contributed by atoms with van der Waals surface area (Å²) in [7, 11) is 0. The summed E-state index contributed by atoms with van der Waals surface area (Å²) in [5.41, 5.74) is 0. The molecule has 11 heavy (non-hydrogen) atoms. The maximum absolute atomic E-state index is 6.89. The summed E-state index contributed by atoms with van der Waals surface area (Å²) < 4.78 is 0. The molecule has 64 valence electrons. The Kier molecular flexibility index (Phi) is 4.25. The van der Waals surface area contributed by atoms with Crippen LogP contribution in [0.2, 0.25) is 0 Å². The summed E-state index contributed by atoms with van der Waals surface area (Å²) >= 11 is 0. The van der Waals surface area contributed by atoms with Crippen molar-refractivity contribution < 1.29 is 0 Å². The SMILES string of the molecule is N=CCCCC1CCCCC1. The molecular formula is C10H19N. The van der Waals surface area contributed by atoms with E-state index in [-0.39, 0.29) is 0 Å². The van der Waals surface area contributed by atoms with E-state index in [0.717, 1.165) is 12.3 Å². The number of rotatable bonds is 4. The number of hydrogen-bond donors (Lipinski definition) is 1. The van der Waals surface area contributed by atoms with Gasteiger partial charge in [-0.1, -0.05) is 38.5 Å². The Hall–Kier alpha value is -0.330. The van der Waals surface area contributed by atoms with Crippen molar-refractivity contribution >= 4 is 6.21 Å². The Morgan fingerprint density at radius 3 is 2.55 bits per heavy atom. The molecule has 1 heteroatoms. The van der Waals surface area contributed by atoms with Gasteiger partial charge in [0.05, 0.1) is 0 Å². The minimum Gasteiger partial charge on any atom is -0.313 e. The third-order valence-electron chi connectivity index (χ3n) is 2.69. The molecule has 0 unspecified atom stereocenters. The van der Waals surface area contributed by atoms with Crippen LogP contribution in [0.1, 0.15) is 51.4 Å². The van der Waals surface area contributed by atoms with Crippen LogP contribution < -0.4 is 0 Å². The van der Waals surface area contributed by atoms with E-state index in [1.165, 1.54) is 44.9 Å². The summed E-state index contributed by atoms with van der Waals surface area (Å²) in [5, 5.41) is 6.89. The largest absolute Gasteiger partial charge is 0.313 e. The van der Waals surface area contributed by atoms with Gasteiger partial charge in [0.25, 0.3) is 0 Å². The molecule has 0 aromatic rings. The van der Waals surface area contributed by atoms with E-state index in [9.17, 15) is 0 Å². The lowest BCUT2D eigenvalue weighted by atomic mass is 9.86. The van der Waals surface area contributed by atoms with Crippen molar-refractivity contribution in [2.45, 2.75) is 51.4 Å². The summed E-state index contributed by atoms with van der Waals surface area (Å²) in [6.45, 7) is 0. The van der Waals surface area contributed by atoms with Crippen LogP contribution in [-0.2, 0) is 0 Å². The quantitative estimate of drug-likeness (QED) is 0.473. The molecule has 0 radical (unpaired) electrons. The van der Waals surface area contributed by atoms with Crippen LogP contribution in [0, 0.1) is 11.3 Å². The van der Waals surface area contributed by atoms with Gasteiger partial charge in [-0.25, -0.2) is 0 Å². The molecule has 1 aliphatic carbocycles. The molecule has 0 atom stereocenters. The Labute approximate surface area is 69.7 Å². The Morgan fingerprint density at radius 2 is 1.91 bits per heavy atom. The van der Waals surface area contributed by atoms with E-state index < -0.39 is 0 Å². The molecule has 0 aromatic heterocycles. The lowest BCUT2D eigenvalue weighted by Crippen LogP contribution is -2.05. The van der Waals surface area contributed by atoms with Gasteiger partial charge >= 0.3 is 0 Å². The highest BCUT2D eigenvalue weighted by Gasteiger charge is 2.11. The molecule has 0 heterocycles. The van der Waals surface area contributed by atoms with Crippen molar-refractivity contribution in [3.05, 3.63) is 0 Å². The van der Waals surface area contributed by atoms with Gasteiger partial charge in [-0.15, -0.1) is 0 Å². The zero-order valence-electron chi connectivity index (χ0n) is 7.31. The van der Waals surface area contributed by atoms with Gasteiger partial charge in [-0.3, -0.25) is 0 Å². The molecule has 1 rings (SSSR count). The van der Waals surface area contributed by atoms with Crippen molar-refractivity contribution in [3.8, 4) is 0 Å². The monoisotopic (exact) mass is 153 g/mol. The lowest BCUT2D eigenvalue weighted by molar-refractivity contribution is 0.334. The summed E-state index contributed by atoms with van der Waals surface area (Å²) in [4.78, 5) is 0. The second-order valence-corrected chi connectivity index (χ2v) is 3.64. The fourth-order valence-electron chi connectivity index (χ4n) is 1.98. The highest BCUT2D eigenvalue weighted by molar-refractivity contribution is 5.52. The molecule has 0 aliphatic heterocycles. The van der Waals surface area contributed by atoms with Crippen LogP contribution in [0.3, 0.4) is 0 Å². The molecule has 0 bridgehead atoms. The van der Waals surface area contributed by atoms with Gasteiger partial charge in [-0.2, -0.15) is 0 Å². The lowest BCUT2D eigenvalue weighted by Gasteiger charge is -2.20. The second kappa shape index (κ2) is 5.34. The van der Waals surface area contributed by atoms with E-state index in [1.807, 2.05) is 0 Å². The first-order chi connectivity index (χ1) is 5.43. The maximum atomic E-state index is 6.89. The Bertz CT molecular complexity index is 103. The zero-order chi connectivity index (χ0) is 7.94. The molecular weight excluding hydrogens is 134 g/mol. The number of unbranched alkanes of at least 4 members (excludes halogenated alkanes) is 1. The van der Waals surface area contributed by atoms with E-state index in [0.29, 0.717) is 0 Å². The predicted octanol–water partition coefficient (Wildman–Crippen LogP) is 3.39. The molecule has 0 spiro atoms. The smallest absolute Gasteiger partial charge is 0.00477 e. The molecule has 1 nitrogen and oxygen atoms in total. The first-order valence-corrected chi connectivity index (χ1v) is 4.92. The van der Waals surface area contributed by atoms with Crippen LogP contribution in [0.25, 0.3) is 0 Å². The van der Waals surface area contributed by atoms with Crippen molar-refractivity contribution in [3.63, 3.8) is 0 Å². The van der Waals surface area contributed by atoms with E-state index in [1.54, 1.807) is 6.21 Å². The van der Waals surface area contributed by atoms with Gasteiger partial charge in [0, 0.05) is 0 Å². The number of hydrogen-bond acceptors (Lipinski definition) is 1. The summed E-state index contributed by atoms with van der Waals surface area (Å²) in [6, 6.07) is 0. The molecule has 1 N–H and O–H groups in total. The Balaban J connectivity index is 2.00. The fourth-order valence-corrected chi connectivity index (χ4v) is 1.98. The van der Waals surface area contributed by atoms with Gasteiger partial charge in [0.15, 0.2) is 0 Å². The molecule has 0 saturated heterocycles. The minimum absolute atomic E-state index is 0.997. The molecule has 1 saturated carbocycles. The third kappa shape index (κ3) is 3.54. The second-order valence-electron chi connectivity index (χ2n) is 3.64. The third-order valence-corrected chi connectivity index (χ3v) is 2.69. The van der Waals surface area contributed by atoms with Gasteiger partial charge in [0.1, 0.15) is 0 Å². The van der Waals surface area contributed by atoms with E-state index >= 15 is 0 Å². The van der Waals surface area contributed by atoms with Gasteiger partial charge in [0.2, 0.25) is 0 Å². The predicted molar refractivity (Wildman–Crippen MR) is 49.2 cm³/mol. The molecule has 1 fully saturated rings. The van der Waals surface area contributed by atoms with Crippen molar-refractivity contribution in [1.82, 2.24) is 0 Å². The van der Waals surface area contributed by atoms with E-state index in [2.05, 4.69) is 0 Å². The average Bonchev–Trinajstić information content (AvgIpc) is 2.07. The summed E-state index contributed by atoms with van der Waals surface area (Å²) in [5.74, 6) is 1.00. The van der Waals surface area contributed by atoms with E-state index in [4.69, 9.17) is 5.41 Å². The Morgan fingerprint density at radius 1 is 1.18 bits per heavy atom. The van der Waals surface area contributed by atoms with Crippen LogP contribution in [0.5, 0.6) is 0 Å². The van der Waals surface area contributed by atoms with Crippen molar-refractivity contribution in [1.29, 1.82) is 5.41 Å². The first kappa shape index (κ1) is 8.76. The topological polar surface area (TPSA) is 23.9 Å². The molecule has 1 aliphatic rings. The van der Waals surface area contributed by atoms with Gasteiger partial charge < -0.3 is 5.41 Å². The first-order valence-electron chi connectivity index (χ1n) is 4.92. The molecule has 0 aromatic carbocycles. The van der Waals surface area contributed by atoms with Gasteiger partial charge in [-0.05, 0) is 25.0 Å². The maximum Gasteiger partial charge on any atom is -0.00477 e. The van der Waals surface area contributed by atoms with Crippen LogP contribution in [0.15, 0.2) is 0 Å². The number of nitrogens with one attached hydrogen (secondary N) is 1. The standard InChI is InChI=1S/C10H19N/c11-9-5-4-8-10-6-2-1-3-7-10/h9-11H,1-8H2. The van der Waals surface area contributed by atoms with Crippen LogP contribution >= 0.6 is 0 Å².